The standard InChI is InChI=1S/C18H19F3N4O2/c1-12(17(26)23-16-3-2-14(19)10-22-16)24-9-6-18(20,21)15(11-24)13-4-7-25(27)8-5-13/h2-5,7-8,10,12,15H,6,9,11H2,1H3,(H,22,23,26)/t12?,15-/m1/s1. The van der Waals surface area contributed by atoms with Crippen molar-refractivity contribution in [2.75, 3.05) is 18.4 Å². The first-order valence-corrected chi connectivity index (χ1v) is 8.49. The SMILES string of the molecule is CC(C(=O)Nc1ccc(F)cn1)N1CCC(F)(F)[C@@H](c2cc[n+]([O-])cc2)C1. The molecule has 0 bridgehead atoms. The Morgan fingerprint density at radius 3 is 2.70 bits per heavy atom. The minimum absolute atomic E-state index is 0.0265. The van der Waals surface area contributed by atoms with E-state index in [1.165, 1.54) is 36.7 Å². The molecular weight excluding hydrogens is 361 g/mol. The minimum Gasteiger partial charge on any atom is -0.619 e. The molecule has 0 spiro atoms. The van der Waals surface area contributed by atoms with E-state index in [9.17, 15) is 23.2 Å². The third-order valence-corrected chi connectivity index (χ3v) is 4.80. The number of hydrogen-bond donors (Lipinski definition) is 1. The highest BCUT2D eigenvalue weighted by Crippen LogP contribution is 2.40. The maximum atomic E-state index is 14.4. The summed E-state index contributed by atoms with van der Waals surface area (Å²) in [4.78, 5) is 17.9. The molecule has 1 aliphatic heterocycles. The Balaban J connectivity index is 1.71. The zero-order chi connectivity index (χ0) is 19.6. The number of aromatic nitrogens is 2. The summed E-state index contributed by atoms with van der Waals surface area (Å²) in [5.74, 6) is -4.80. The van der Waals surface area contributed by atoms with Gasteiger partial charge >= 0.3 is 0 Å². The summed E-state index contributed by atoms with van der Waals surface area (Å²) in [5.41, 5.74) is 0.351. The van der Waals surface area contributed by atoms with Crippen LogP contribution < -0.4 is 10.0 Å². The van der Waals surface area contributed by atoms with E-state index in [2.05, 4.69) is 10.3 Å². The number of carbonyl (C=O) groups is 1. The summed E-state index contributed by atoms with van der Waals surface area (Å²) >= 11 is 0. The minimum atomic E-state index is -2.93. The summed E-state index contributed by atoms with van der Waals surface area (Å²) in [5, 5.41) is 13.7. The molecule has 1 saturated heterocycles. The molecule has 1 N–H and O–H groups in total. The molecule has 2 aromatic heterocycles. The Hall–Kier alpha value is -2.68. The van der Waals surface area contributed by atoms with Crippen LogP contribution in [0.25, 0.3) is 0 Å². The van der Waals surface area contributed by atoms with Crippen LogP contribution in [0.3, 0.4) is 0 Å². The van der Waals surface area contributed by atoms with Crippen LogP contribution in [-0.4, -0.2) is 40.8 Å². The number of carbonyl (C=O) groups excluding carboxylic acids is 1. The number of rotatable bonds is 4. The molecule has 144 valence electrons. The predicted molar refractivity (Wildman–Crippen MR) is 91.6 cm³/mol. The van der Waals surface area contributed by atoms with Crippen LogP contribution in [0.4, 0.5) is 19.0 Å². The lowest BCUT2D eigenvalue weighted by Crippen LogP contribution is -2.52. The van der Waals surface area contributed by atoms with Crippen LogP contribution in [-0.2, 0) is 4.79 Å². The first-order valence-electron chi connectivity index (χ1n) is 8.49. The van der Waals surface area contributed by atoms with Gasteiger partial charge in [-0.2, -0.15) is 4.73 Å². The van der Waals surface area contributed by atoms with Gasteiger partial charge in [0, 0.05) is 31.6 Å². The Morgan fingerprint density at radius 1 is 1.37 bits per heavy atom. The number of halogens is 3. The Labute approximate surface area is 154 Å². The van der Waals surface area contributed by atoms with Gasteiger partial charge in [0.2, 0.25) is 5.91 Å². The number of anilines is 1. The highest BCUT2D eigenvalue weighted by Gasteiger charge is 2.46. The second-order valence-electron chi connectivity index (χ2n) is 6.58. The van der Waals surface area contributed by atoms with Crippen molar-refractivity contribution in [1.82, 2.24) is 9.88 Å². The fourth-order valence-corrected chi connectivity index (χ4v) is 3.13. The maximum absolute atomic E-state index is 14.4. The van der Waals surface area contributed by atoms with Crippen LogP contribution >= 0.6 is 0 Å². The van der Waals surface area contributed by atoms with E-state index >= 15 is 0 Å². The summed E-state index contributed by atoms with van der Waals surface area (Å²) in [6, 6.07) is 4.57. The first kappa shape index (κ1) is 19.1. The molecule has 27 heavy (non-hydrogen) atoms. The highest BCUT2D eigenvalue weighted by molar-refractivity contribution is 5.93. The topological polar surface area (TPSA) is 72.2 Å². The molecule has 3 heterocycles. The second-order valence-corrected chi connectivity index (χ2v) is 6.58. The molecule has 1 fully saturated rings. The molecule has 1 aliphatic rings. The molecule has 3 rings (SSSR count). The molecule has 1 unspecified atom stereocenters. The van der Waals surface area contributed by atoms with Crippen LogP contribution in [0.1, 0.15) is 24.8 Å². The van der Waals surface area contributed by atoms with Gasteiger partial charge < -0.3 is 10.5 Å². The van der Waals surface area contributed by atoms with E-state index in [0.29, 0.717) is 10.3 Å². The Morgan fingerprint density at radius 2 is 2.07 bits per heavy atom. The van der Waals surface area contributed by atoms with Gasteiger partial charge in [0.05, 0.1) is 18.2 Å². The van der Waals surface area contributed by atoms with Gasteiger partial charge in [0.1, 0.15) is 11.6 Å². The lowest BCUT2D eigenvalue weighted by Gasteiger charge is -2.40. The molecule has 2 aromatic rings. The highest BCUT2D eigenvalue weighted by atomic mass is 19.3. The third-order valence-electron chi connectivity index (χ3n) is 4.80. The summed E-state index contributed by atoms with van der Waals surface area (Å²) in [6.45, 7) is 1.65. The quantitative estimate of drug-likeness (QED) is 0.653. The number of hydrogen-bond acceptors (Lipinski definition) is 4. The smallest absolute Gasteiger partial charge is 0.257 e. The number of likely N-dealkylation sites (tertiary alicyclic amines) is 1. The van der Waals surface area contributed by atoms with Gasteiger partial charge in [0.25, 0.3) is 5.92 Å². The lowest BCUT2D eigenvalue weighted by atomic mass is 9.87. The van der Waals surface area contributed by atoms with Crippen molar-refractivity contribution in [3.63, 3.8) is 0 Å². The van der Waals surface area contributed by atoms with Gasteiger partial charge in [-0.3, -0.25) is 9.69 Å². The van der Waals surface area contributed by atoms with E-state index in [-0.39, 0.29) is 18.9 Å². The summed E-state index contributed by atoms with van der Waals surface area (Å²) in [7, 11) is 0. The number of pyridine rings is 2. The predicted octanol–water partition coefficient (Wildman–Crippen LogP) is 2.31. The van der Waals surface area contributed by atoms with Crippen molar-refractivity contribution < 1.29 is 22.7 Å². The van der Waals surface area contributed by atoms with Crippen molar-refractivity contribution in [3.8, 4) is 0 Å². The number of piperidine rings is 1. The van der Waals surface area contributed by atoms with E-state index in [1.54, 1.807) is 11.8 Å². The number of nitrogens with one attached hydrogen (secondary N) is 1. The van der Waals surface area contributed by atoms with Crippen molar-refractivity contribution in [2.45, 2.75) is 31.2 Å². The Kier molecular flexibility index (Phi) is 5.31. The molecule has 0 aromatic carbocycles. The zero-order valence-electron chi connectivity index (χ0n) is 14.6. The largest absolute Gasteiger partial charge is 0.619 e. The van der Waals surface area contributed by atoms with Crippen molar-refractivity contribution in [2.24, 2.45) is 0 Å². The molecule has 6 nitrogen and oxygen atoms in total. The molecular formula is C18H19F3N4O2. The van der Waals surface area contributed by atoms with Crippen LogP contribution in [0, 0.1) is 11.0 Å². The summed E-state index contributed by atoms with van der Waals surface area (Å²) in [6.07, 6.45) is 2.95. The van der Waals surface area contributed by atoms with Crippen LogP contribution in [0.5, 0.6) is 0 Å². The second kappa shape index (κ2) is 7.51. The van der Waals surface area contributed by atoms with Gasteiger partial charge in [0.15, 0.2) is 12.4 Å². The fraction of sp³-hybridized carbons (Fsp3) is 0.389. The monoisotopic (exact) mass is 380 g/mol. The van der Waals surface area contributed by atoms with E-state index in [1.807, 2.05) is 0 Å². The molecule has 0 saturated carbocycles. The molecule has 9 heteroatoms. The van der Waals surface area contributed by atoms with Crippen molar-refractivity contribution in [1.29, 1.82) is 0 Å². The van der Waals surface area contributed by atoms with Crippen LogP contribution in [0.2, 0.25) is 0 Å². The molecule has 1 amide bonds. The third kappa shape index (κ3) is 4.36. The Bertz CT molecular complexity index is 799. The molecule has 0 radical (unpaired) electrons. The maximum Gasteiger partial charge on any atom is 0.257 e. The van der Waals surface area contributed by atoms with Gasteiger partial charge in [-0.1, -0.05) is 0 Å². The average Bonchev–Trinajstić information content (AvgIpc) is 2.64. The lowest BCUT2D eigenvalue weighted by molar-refractivity contribution is -0.605. The van der Waals surface area contributed by atoms with Gasteiger partial charge in [-0.05, 0) is 24.6 Å². The number of amides is 1. The number of alkyl halides is 2. The van der Waals surface area contributed by atoms with Crippen molar-refractivity contribution >= 4 is 11.7 Å². The van der Waals surface area contributed by atoms with Gasteiger partial charge in [-0.25, -0.2) is 18.2 Å². The molecule has 0 aliphatic carbocycles. The van der Waals surface area contributed by atoms with E-state index in [0.717, 1.165) is 6.20 Å². The fourth-order valence-electron chi connectivity index (χ4n) is 3.13. The average molecular weight is 380 g/mol. The van der Waals surface area contributed by atoms with E-state index in [4.69, 9.17) is 0 Å². The number of nitrogens with zero attached hydrogens (tertiary/aromatic N) is 3. The molecule has 2 atom stereocenters. The normalized spacial score (nSPS) is 20.8. The summed E-state index contributed by atoms with van der Waals surface area (Å²) < 4.78 is 42.3. The zero-order valence-corrected chi connectivity index (χ0v) is 14.6. The van der Waals surface area contributed by atoms with Crippen LogP contribution in [0.15, 0.2) is 42.9 Å². The van der Waals surface area contributed by atoms with Gasteiger partial charge in [-0.15, -0.1) is 0 Å². The first-order chi connectivity index (χ1) is 12.8. The van der Waals surface area contributed by atoms with Crippen molar-refractivity contribution in [3.05, 3.63) is 59.4 Å². The van der Waals surface area contributed by atoms with E-state index < -0.39 is 36.0 Å².